The highest BCUT2D eigenvalue weighted by molar-refractivity contribution is 4.95. The van der Waals surface area contributed by atoms with Crippen molar-refractivity contribution in [2.24, 2.45) is 0 Å². The normalized spacial score (nSPS) is 37.8. The lowest BCUT2D eigenvalue weighted by molar-refractivity contribution is -0.304. The summed E-state index contributed by atoms with van der Waals surface area (Å²) in [6.07, 6.45) is -3.40. The van der Waals surface area contributed by atoms with E-state index < -0.39 is 48.9 Å². The SMILES string of the molecule is CNCC1OC(O)(CO)C(NC)C[C@@H](C)OC1[C@@H](O)C(NC)C(C)O. The third-order valence-electron chi connectivity index (χ3n) is 4.76. The average molecular weight is 365 g/mol. The first-order valence-electron chi connectivity index (χ1n) is 8.75. The second-order valence-electron chi connectivity index (χ2n) is 6.75. The average Bonchev–Trinajstić information content (AvgIpc) is 2.56. The van der Waals surface area contributed by atoms with Gasteiger partial charge in [-0.15, -0.1) is 0 Å². The molecule has 0 aliphatic carbocycles. The molecule has 7 N–H and O–H groups in total. The summed E-state index contributed by atoms with van der Waals surface area (Å²) in [5.74, 6) is -1.81. The fourth-order valence-electron chi connectivity index (χ4n) is 3.39. The van der Waals surface area contributed by atoms with Gasteiger partial charge in [-0.05, 0) is 41.4 Å². The molecule has 1 aliphatic rings. The maximum atomic E-state index is 10.8. The van der Waals surface area contributed by atoms with Crippen molar-refractivity contribution in [2.75, 3.05) is 34.3 Å². The van der Waals surface area contributed by atoms with Gasteiger partial charge in [-0.2, -0.15) is 0 Å². The van der Waals surface area contributed by atoms with E-state index in [-0.39, 0.29) is 12.6 Å². The lowest BCUT2D eigenvalue weighted by Gasteiger charge is -2.45. The van der Waals surface area contributed by atoms with E-state index in [4.69, 9.17) is 9.47 Å². The molecule has 0 radical (unpaired) electrons. The van der Waals surface area contributed by atoms with Gasteiger partial charge in [0.1, 0.15) is 18.3 Å². The molecule has 25 heavy (non-hydrogen) atoms. The smallest absolute Gasteiger partial charge is 0.205 e. The van der Waals surface area contributed by atoms with Gasteiger partial charge in [-0.3, -0.25) is 0 Å². The molecule has 0 saturated carbocycles. The number of nitrogens with one attached hydrogen (secondary N) is 3. The fraction of sp³-hybridized carbons (Fsp3) is 1.00. The number of likely N-dealkylation sites (N-methyl/N-ethyl adjacent to an activating group) is 3. The fourth-order valence-corrected chi connectivity index (χ4v) is 3.39. The van der Waals surface area contributed by atoms with Crippen LogP contribution in [0.25, 0.3) is 0 Å². The highest BCUT2D eigenvalue weighted by atomic mass is 16.7. The van der Waals surface area contributed by atoms with Crippen LogP contribution in [0.15, 0.2) is 0 Å². The predicted molar refractivity (Wildman–Crippen MR) is 93.2 cm³/mol. The number of aliphatic hydroxyl groups is 4. The summed E-state index contributed by atoms with van der Waals surface area (Å²) in [6.45, 7) is 3.09. The third kappa shape index (κ3) is 5.56. The molecule has 8 atom stereocenters. The minimum Gasteiger partial charge on any atom is -0.392 e. The molecule has 0 aromatic heterocycles. The van der Waals surface area contributed by atoms with Gasteiger partial charge in [0.15, 0.2) is 0 Å². The molecule has 6 unspecified atom stereocenters. The Morgan fingerprint density at radius 3 is 2.32 bits per heavy atom. The van der Waals surface area contributed by atoms with Crippen LogP contribution in [0.4, 0.5) is 0 Å². The Morgan fingerprint density at radius 2 is 1.88 bits per heavy atom. The third-order valence-corrected chi connectivity index (χ3v) is 4.76. The van der Waals surface area contributed by atoms with Crippen LogP contribution in [-0.4, -0.2) is 103 Å². The number of hydrogen-bond acceptors (Lipinski definition) is 9. The highest BCUT2D eigenvalue weighted by Gasteiger charge is 2.47. The summed E-state index contributed by atoms with van der Waals surface area (Å²) in [6, 6.07) is -1.18. The van der Waals surface area contributed by atoms with Crippen molar-refractivity contribution >= 4 is 0 Å². The summed E-state index contributed by atoms with van der Waals surface area (Å²) in [7, 11) is 5.03. The van der Waals surface area contributed by atoms with Crippen molar-refractivity contribution < 1.29 is 29.9 Å². The highest BCUT2D eigenvalue weighted by Crippen LogP contribution is 2.28. The van der Waals surface area contributed by atoms with Gasteiger partial charge in [0.25, 0.3) is 0 Å². The molecule has 1 fully saturated rings. The van der Waals surface area contributed by atoms with E-state index in [1.165, 1.54) is 0 Å². The van der Waals surface area contributed by atoms with Crippen molar-refractivity contribution in [2.45, 2.75) is 68.7 Å². The Labute approximate surface area is 149 Å². The van der Waals surface area contributed by atoms with Gasteiger partial charge >= 0.3 is 0 Å². The van der Waals surface area contributed by atoms with E-state index in [1.807, 2.05) is 6.92 Å². The molecule has 0 amide bonds. The first-order chi connectivity index (χ1) is 11.7. The van der Waals surface area contributed by atoms with Crippen LogP contribution in [0.1, 0.15) is 20.3 Å². The maximum Gasteiger partial charge on any atom is 0.205 e. The Bertz CT molecular complexity index is 389. The Balaban J connectivity index is 3.17. The van der Waals surface area contributed by atoms with E-state index in [2.05, 4.69) is 16.0 Å². The van der Waals surface area contributed by atoms with E-state index in [0.29, 0.717) is 6.42 Å². The summed E-state index contributed by atoms with van der Waals surface area (Å²) in [4.78, 5) is 0. The molecule has 9 nitrogen and oxygen atoms in total. The van der Waals surface area contributed by atoms with Gasteiger partial charge in [0.2, 0.25) is 5.79 Å². The molecule has 1 rings (SSSR count). The molecule has 0 aromatic rings. The minimum absolute atomic E-state index is 0.281. The first-order valence-corrected chi connectivity index (χ1v) is 8.75. The molecular formula is C16H35N3O6. The summed E-state index contributed by atoms with van der Waals surface area (Å²) in [5.41, 5.74) is 0. The van der Waals surface area contributed by atoms with Crippen LogP contribution in [0, 0.1) is 0 Å². The Kier molecular flexibility index (Phi) is 9.16. The van der Waals surface area contributed by atoms with E-state index in [0.717, 1.165) is 0 Å². The molecule has 0 bridgehead atoms. The Morgan fingerprint density at radius 1 is 1.24 bits per heavy atom. The zero-order valence-electron chi connectivity index (χ0n) is 15.8. The van der Waals surface area contributed by atoms with Crippen LogP contribution in [0.2, 0.25) is 0 Å². The van der Waals surface area contributed by atoms with Crippen molar-refractivity contribution in [3.05, 3.63) is 0 Å². The topological polar surface area (TPSA) is 135 Å². The summed E-state index contributed by atoms with van der Waals surface area (Å²) >= 11 is 0. The number of rotatable bonds is 8. The molecule has 150 valence electrons. The van der Waals surface area contributed by atoms with Crippen molar-refractivity contribution in [1.82, 2.24) is 16.0 Å². The number of hydrogen-bond donors (Lipinski definition) is 7. The minimum atomic E-state index is -1.81. The molecule has 0 aromatic carbocycles. The number of aliphatic hydroxyl groups excluding tert-OH is 3. The van der Waals surface area contributed by atoms with Crippen LogP contribution >= 0.6 is 0 Å². The summed E-state index contributed by atoms with van der Waals surface area (Å²) in [5, 5.41) is 50.0. The van der Waals surface area contributed by atoms with Crippen LogP contribution < -0.4 is 16.0 Å². The Hall–Kier alpha value is -0.360. The van der Waals surface area contributed by atoms with Crippen molar-refractivity contribution in [3.8, 4) is 0 Å². The standard InChI is InChI=1S/C16H35N3O6/c1-9-6-12(18-4)16(23,8-20)25-11(7-17-3)15(24-9)14(22)13(19-5)10(2)21/h9-15,17-23H,6-8H2,1-5H3/t9-,10?,11?,12?,13?,14+,15?,16?/m1/s1. The maximum absolute atomic E-state index is 10.8. The molecule has 1 saturated heterocycles. The second kappa shape index (κ2) is 10.1. The van der Waals surface area contributed by atoms with Gasteiger partial charge in [0.05, 0.1) is 30.9 Å². The van der Waals surface area contributed by atoms with Gasteiger partial charge in [0, 0.05) is 6.54 Å². The predicted octanol–water partition coefficient (Wildman–Crippen LogP) is -2.63. The van der Waals surface area contributed by atoms with Gasteiger partial charge in [-0.1, -0.05) is 0 Å². The first kappa shape index (κ1) is 22.7. The van der Waals surface area contributed by atoms with Crippen LogP contribution in [-0.2, 0) is 9.47 Å². The van der Waals surface area contributed by atoms with Crippen molar-refractivity contribution in [1.29, 1.82) is 0 Å². The second-order valence-corrected chi connectivity index (χ2v) is 6.75. The lowest BCUT2D eigenvalue weighted by atomic mass is 9.93. The zero-order valence-corrected chi connectivity index (χ0v) is 15.8. The summed E-state index contributed by atoms with van der Waals surface area (Å²) < 4.78 is 11.8. The van der Waals surface area contributed by atoms with Crippen LogP contribution in [0.3, 0.4) is 0 Å². The molecule has 1 aliphatic heterocycles. The largest absolute Gasteiger partial charge is 0.392 e. The van der Waals surface area contributed by atoms with E-state index in [9.17, 15) is 20.4 Å². The molecule has 9 heteroatoms. The molecule has 0 spiro atoms. The number of ether oxygens (including phenoxy) is 2. The molecular weight excluding hydrogens is 330 g/mol. The van der Waals surface area contributed by atoms with Gasteiger partial charge in [-0.25, -0.2) is 0 Å². The van der Waals surface area contributed by atoms with Crippen LogP contribution in [0.5, 0.6) is 0 Å². The van der Waals surface area contributed by atoms with E-state index >= 15 is 0 Å². The lowest BCUT2D eigenvalue weighted by Crippen LogP contribution is -2.64. The van der Waals surface area contributed by atoms with E-state index in [1.54, 1.807) is 28.1 Å². The zero-order chi connectivity index (χ0) is 19.2. The molecule has 1 heterocycles. The van der Waals surface area contributed by atoms with Gasteiger partial charge < -0.3 is 45.9 Å². The van der Waals surface area contributed by atoms with Crippen molar-refractivity contribution in [3.63, 3.8) is 0 Å². The monoisotopic (exact) mass is 365 g/mol. The quantitative estimate of drug-likeness (QED) is 0.246.